The number of hydrogen-bond acceptors (Lipinski definition) is 3. The Morgan fingerprint density at radius 2 is 1.67 bits per heavy atom. The van der Waals surface area contributed by atoms with Crippen LogP contribution in [0.2, 0.25) is 0 Å². The minimum absolute atomic E-state index is 0.269. The maximum absolute atomic E-state index is 13.0. The molecule has 0 bridgehead atoms. The Hall–Kier alpha value is -2.62. The van der Waals surface area contributed by atoms with Crippen molar-refractivity contribution in [1.82, 2.24) is 0 Å². The first kappa shape index (κ1) is 16.2. The second-order valence-corrected chi connectivity index (χ2v) is 7.06. The third kappa shape index (κ3) is 2.92. The Morgan fingerprint density at radius 1 is 1.04 bits per heavy atom. The number of para-hydroxylation sites is 1. The van der Waals surface area contributed by atoms with E-state index in [9.17, 15) is 9.59 Å². The van der Waals surface area contributed by atoms with E-state index in [0.29, 0.717) is 5.69 Å². The SMILES string of the molecule is Cc1ccc([C@@H]2C(=O)N(C(=O)OC(C)(C)C)c3ccccc32)cc1. The summed E-state index contributed by atoms with van der Waals surface area (Å²) in [6.07, 6.45) is -0.630. The highest BCUT2D eigenvalue weighted by atomic mass is 16.6. The van der Waals surface area contributed by atoms with Crippen LogP contribution in [0.3, 0.4) is 0 Å². The number of carbonyl (C=O) groups excluding carboxylic acids is 2. The number of hydrogen-bond donors (Lipinski definition) is 0. The minimum Gasteiger partial charge on any atom is -0.443 e. The van der Waals surface area contributed by atoms with E-state index in [1.165, 1.54) is 0 Å². The number of carbonyl (C=O) groups is 2. The Balaban J connectivity index is 2.04. The molecule has 0 spiro atoms. The molecule has 2 aromatic carbocycles. The predicted molar refractivity (Wildman–Crippen MR) is 93.2 cm³/mol. The summed E-state index contributed by atoms with van der Waals surface area (Å²) in [7, 11) is 0. The maximum atomic E-state index is 13.0. The first-order valence-corrected chi connectivity index (χ1v) is 8.00. The van der Waals surface area contributed by atoms with E-state index < -0.39 is 17.6 Å². The van der Waals surface area contributed by atoms with Crippen molar-refractivity contribution in [3.63, 3.8) is 0 Å². The molecule has 4 nitrogen and oxygen atoms in total. The molecule has 4 heteroatoms. The molecule has 1 heterocycles. The van der Waals surface area contributed by atoms with Crippen molar-refractivity contribution < 1.29 is 14.3 Å². The zero-order chi connectivity index (χ0) is 17.5. The highest BCUT2D eigenvalue weighted by Gasteiger charge is 2.43. The van der Waals surface area contributed by atoms with Crippen LogP contribution < -0.4 is 4.90 Å². The van der Waals surface area contributed by atoms with Gasteiger partial charge in [0.15, 0.2) is 0 Å². The molecule has 1 aliphatic rings. The molecule has 0 fully saturated rings. The molecule has 1 atom stereocenters. The zero-order valence-electron chi connectivity index (χ0n) is 14.4. The Kier molecular flexibility index (Phi) is 3.91. The van der Waals surface area contributed by atoms with Crippen molar-refractivity contribution in [2.75, 3.05) is 4.90 Å². The lowest BCUT2D eigenvalue weighted by Crippen LogP contribution is -2.39. The summed E-state index contributed by atoms with van der Waals surface area (Å²) >= 11 is 0. The molecule has 0 N–H and O–H groups in total. The number of imide groups is 1. The van der Waals surface area contributed by atoms with Crippen LogP contribution in [0.1, 0.15) is 43.4 Å². The molecule has 2 aromatic rings. The van der Waals surface area contributed by atoms with Crippen LogP contribution in [0.5, 0.6) is 0 Å². The maximum Gasteiger partial charge on any atom is 0.421 e. The van der Waals surface area contributed by atoms with Crippen molar-refractivity contribution in [3.05, 3.63) is 65.2 Å². The quantitative estimate of drug-likeness (QED) is 0.781. The van der Waals surface area contributed by atoms with Crippen LogP contribution in [0.25, 0.3) is 0 Å². The number of fused-ring (bicyclic) bond motifs is 1. The van der Waals surface area contributed by atoms with Gasteiger partial charge in [-0.1, -0.05) is 48.0 Å². The fourth-order valence-electron chi connectivity index (χ4n) is 2.89. The molecule has 0 radical (unpaired) electrons. The van der Waals surface area contributed by atoms with Crippen molar-refractivity contribution in [2.24, 2.45) is 0 Å². The Bertz CT molecular complexity index is 787. The zero-order valence-corrected chi connectivity index (χ0v) is 14.4. The lowest BCUT2D eigenvalue weighted by Gasteiger charge is -2.24. The number of amides is 2. The molecule has 1 aliphatic heterocycles. The van der Waals surface area contributed by atoms with Gasteiger partial charge in [-0.25, -0.2) is 9.69 Å². The summed E-state index contributed by atoms with van der Waals surface area (Å²) in [6.45, 7) is 7.36. The minimum atomic E-state index is -0.658. The largest absolute Gasteiger partial charge is 0.443 e. The molecule has 0 saturated heterocycles. The molecule has 24 heavy (non-hydrogen) atoms. The molecule has 0 saturated carbocycles. The number of anilines is 1. The van der Waals surface area contributed by atoms with E-state index in [1.54, 1.807) is 26.8 Å². The van der Waals surface area contributed by atoms with Gasteiger partial charge >= 0.3 is 6.09 Å². The average molecular weight is 323 g/mol. The van der Waals surface area contributed by atoms with Gasteiger partial charge in [-0.2, -0.15) is 0 Å². The van der Waals surface area contributed by atoms with Gasteiger partial charge in [-0.05, 0) is 44.9 Å². The average Bonchev–Trinajstić information content (AvgIpc) is 2.78. The Labute approximate surface area is 142 Å². The Morgan fingerprint density at radius 3 is 2.29 bits per heavy atom. The van der Waals surface area contributed by atoms with Gasteiger partial charge in [-0.3, -0.25) is 4.79 Å². The van der Waals surface area contributed by atoms with Gasteiger partial charge in [-0.15, -0.1) is 0 Å². The monoisotopic (exact) mass is 323 g/mol. The molecule has 0 unspecified atom stereocenters. The number of aryl methyl sites for hydroxylation is 1. The highest BCUT2D eigenvalue weighted by molar-refractivity contribution is 6.20. The lowest BCUT2D eigenvalue weighted by atomic mass is 9.92. The predicted octanol–water partition coefficient (Wildman–Crippen LogP) is 4.41. The smallest absolute Gasteiger partial charge is 0.421 e. The van der Waals surface area contributed by atoms with E-state index in [-0.39, 0.29) is 5.91 Å². The molecular formula is C20H21NO3. The second kappa shape index (κ2) is 5.78. The second-order valence-electron chi connectivity index (χ2n) is 7.06. The molecule has 124 valence electrons. The lowest BCUT2D eigenvalue weighted by molar-refractivity contribution is -0.118. The number of nitrogens with zero attached hydrogens (tertiary/aromatic N) is 1. The molecule has 2 amide bonds. The number of benzene rings is 2. The molecular weight excluding hydrogens is 302 g/mol. The van der Waals surface area contributed by atoms with Crippen molar-refractivity contribution >= 4 is 17.7 Å². The van der Waals surface area contributed by atoms with E-state index in [2.05, 4.69) is 0 Å². The normalized spacial score (nSPS) is 16.9. The first-order chi connectivity index (χ1) is 11.3. The van der Waals surface area contributed by atoms with Crippen molar-refractivity contribution in [3.8, 4) is 0 Å². The summed E-state index contributed by atoms with van der Waals surface area (Å²) in [5.41, 5.74) is 2.78. The third-order valence-corrected chi connectivity index (χ3v) is 3.94. The van der Waals surface area contributed by atoms with Crippen LogP contribution in [0.4, 0.5) is 10.5 Å². The summed E-state index contributed by atoms with van der Waals surface area (Å²) in [6, 6.07) is 15.2. The van der Waals surface area contributed by atoms with Crippen LogP contribution in [-0.4, -0.2) is 17.6 Å². The van der Waals surface area contributed by atoms with Gasteiger partial charge < -0.3 is 4.74 Å². The first-order valence-electron chi connectivity index (χ1n) is 8.00. The van der Waals surface area contributed by atoms with Crippen LogP contribution in [-0.2, 0) is 9.53 Å². The standard InChI is InChI=1S/C20H21NO3/c1-13-9-11-14(12-10-13)17-15-7-5-6-8-16(15)21(18(17)22)19(23)24-20(2,3)4/h5-12,17H,1-4H3/t17-/m0/s1. The van der Waals surface area contributed by atoms with E-state index >= 15 is 0 Å². The third-order valence-electron chi connectivity index (χ3n) is 3.94. The van der Waals surface area contributed by atoms with Gasteiger partial charge in [0, 0.05) is 0 Å². The molecule has 3 rings (SSSR count). The fraction of sp³-hybridized carbons (Fsp3) is 0.300. The summed E-state index contributed by atoms with van der Waals surface area (Å²) in [4.78, 5) is 26.7. The van der Waals surface area contributed by atoms with Crippen molar-refractivity contribution in [2.45, 2.75) is 39.2 Å². The van der Waals surface area contributed by atoms with Crippen LogP contribution in [0, 0.1) is 6.92 Å². The molecule has 0 aromatic heterocycles. The fourth-order valence-corrected chi connectivity index (χ4v) is 2.89. The van der Waals surface area contributed by atoms with Gasteiger partial charge in [0.05, 0.1) is 11.6 Å². The number of rotatable bonds is 1. The number of ether oxygens (including phenoxy) is 1. The highest BCUT2D eigenvalue weighted by Crippen LogP contribution is 2.41. The van der Waals surface area contributed by atoms with E-state index in [1.807, 2.05) is 49.4 Å². The van der Waals surface area contributed by atoms with Gasteiger partial charge in [0.25, 0.3) is 0 Å². The summed E-state index contributed by atoms with van der Waals surface area (Å²) in [5, 5.41) is 0. The van der Waals surface area contributed by atoms with Gasteiger partial charge in [0.2, 0.25) is 5.91 Å². The van der Waals surface area contributed by atoms with Crippen molar-refractivity contribution in [1.29, 1.82) is 0 Å². The van der Waals surface area contributed by atoms with Crippen LogP contribution in [0.15, 0.2) is 48.5 Å². The van der Waals surface area contributed by atoms with E-state index in [0.717, 1.165) is 21.6 Å². The topological polar surface area (TPSA) is 46.6 Å². The van der Waals surface area contributed by atoms with Gasteiger partial charge in [0.1, 0.15) is 5.60 Å². The molecule has 0 aliphatic carbocycles. The summed E-state index contributed by atoms with van der Waals surface area (Å²) < 4.78 is 5.42. The van der Waals surface area contributed by atoms with Crippen LogP contribution >= 0.6 is 0 Å². The summed E-state index contributed by atoms with van der Waals surface area (Å²) in [5.74, 6) is -0.747. The van der Waals surface area contributed by atoms with E-state index in [4.69, 9.17) is 4.74 Å².